The van der Waals surface area contributed by atoms with E-state index in [1.165, 1.54) is 16.4 Å². The van der Waals surface area contributed by atoms with Gasteiger partial charge in [0.1, 0.15) is 0 Å². The summed E-state index contributed by atoms with van der Waals surface area (Å²) in [5.41, 5.74) is 1.36. The predicted octanol–water partition coefficient (Wildman–Crippen LogP) is 3.67. The zero-order valence-electron chi connectivity index (χ0n) is 18.0. The van der Waals surface area contributed by atoms with E-state index >= 15 is 0 Å². The molecule has 0 saturated carbocycles. The Labute approximate surface area is 188 Å². The molecule has 2 fully saturated rings. The monoisotopic (exact) mass is 457 g/mol. The van der Waals surface area contributed by atoms with Gasteiger partial charge >= 0.3 is 0 Å². The first-order valence-corrected chi connectivity index (χ1v) is 12.3. The van der Waals surface area contributed by atoms with Gasteiger partial charge in [-0.2, -0.15) is 4.31 Å². The number of likely N-dealkylation sites (tertiary alicyclic amines) is 1. The second kappa shape index (κ2) is 8.99. The van der Waals surface area contributed by atoms with Crippen LogP contribution in [0, 0.1) is 23.0 Å². The first-order valence-electron chi connectivity index (χ1n) is 10.9. The number of hydrogen-bond donors (Lipinski definition) is 0. The van der Waals surface area contributed by atoms with Gasteiger partial charge in [0.25, 0.3) is 5.69 Å². The minimum atomic E-state index is -3.87. The smallest absolute Gasteiger partial charge is 0.270 e. The summed E-state index contributed by atoms with van der Waals surface area (Å²) in [6.07, 6.45) is 2.80. The fourth-order valence-corrected chi connectivity index (χ4v) is 6.46. The summed E-state index contributed by atoms with van der Waals surface area (Å²) in [4.78, 5) is 25.7. The number of amides is 1. The van der Waals surface area contributed by atoms with Crippen LogP contribution in [0.25, 0.3) is 0 Å². The SMILES string of the molecule is Cc1ccc([N+](=O)[O-])cc1S(=O)(=O)N1CCC(C(=O)N2CCC[C@H]2c2ccccc2)CC1. The van der Waals surface area contributed by atoms with E-state index in [-0.39, 0.29) is 41.5 Å². The van der Waals surface area contributed by atoms with Gasteiger partial charge in [0, 0.05) is 37.7 Å². The maximum atomic E-state index is 13.3. The van der Waals surface area contributed by atoms with Gasteiger partial charge in [0.15, 0.2) is 0 Å². The molecule has 8 nitrogen and oxygen atoms in total. The third-order valence-corrected chi connectivity index (χ3v) is 8.56. The molecule has 0 N–H and O–H groups in total. The summed E-state index contributed by atoms with van der Waals surface area (Å²) in [5.74, 6) is -0.114. The summed E-state index contributed by atoms with van der Waals surface area (Å²) in [6.45, 7) is 2.81. The number of nitro groups is 1. The largest absolute Gasteiger partial charge is 0.335 e. The topological polar surface area (TPSA) is 101 Å². The fraction of sp³-hybridized carbons (Fsp3) is 0.435. The molecule has 1 amide bonds. The number of rotatable bonds is 5. The van der Waals surface area contributed by atoms with Crippen molar-refractivity contribution in [3.05, 3.63) is 69.8 Å². The van der Waals surface area contributed by atoms with Crippen LogP contribution in [0.4, 0.5) is 5.69 Å². The molecule has 2 aromatic rings. The summed E-state index contributed by atoms with van der Waals surface area (Å²) < 4.78 is 27.7. The lowest BCUT2D eigenvalue weighted by Crippen LogP contribution is -2.44. The number of piperidine rings is 1. The number of sulfonamides is 1. The molecule has 1 atom stereocenters. The van der Waals surface area contributed by atoms with Crippen LogP contribution in [-0.2, 0) is 14.8 Å². The number of hydrogen-bond acceptors (Lipinski definition) is 5. The van der Waals surface area contributed by atoms with E-state index in [1.807, 2.05) is 35.2 Å². The highest BCUT2D eigenvalue weighted by Crippen LogP contribution is 2.35. The second-order valence-electron chi connectivity index (χ2n) is 8.49. The Balaban J connectivity index is 1.45. The molecule has 0 bridgehead atoms. The quantitative estimate of drug-likeness (QED) is 0.504. The van der Waals surface area contributed by atoms with Crippen molar-refractivity contribution in [1.29, 1.82) is 0 Å². The highest BCUT2D eigenvalue weighted by atomic mass is 32.2. The van der Waals surface area contributed by atoms with E-state index in [0.717, 1.165) is 31.0 Å². The zero-order chi connectivity index (χ0) is 22.9. The average Bonchev–Trinajstić information content (AvgIpc) is 3.29. The predicted molar refractivity (Wildman–Crippen MR) is 119 cm³/mol. The van der Waals surface area contributed by atoms with Crippen molar-refractivity contribution in [3.63, 3.8) is 0 Å². The molecule has 32 heavy (non-hydrogen) atoms. The first kappa shape index (κ1) is 22.4. The van der Waals surface area contributed by atoms with Crippen LogP contribution in [0.5, 0.6) is 0 Å². The second-order valence-corrected chi connectivity index (χ2v) is 10.4. The van der Waals surface area contributed by atoms with Gasteiger partial charge in [-0.15, -0.1) is 0 Å². The minimum Gasteiger partial charge on any atom is -0.335 e. The Bertz CT molecular complexity index is 1110. The molecule has 9 heteroatoms. The van der Waals surface area contributed by atoms with Crippen LogP contribution >= 0.6 is 0 Å². The lowest BCUT2D eigenvalue weighted by Gasteiger charge is -2.34. The van der Waals surface area contributed by atoms with Gasteiger partial charge in [0.05, 0.1) is 15.9 Å². The van der Waals surface area contributed by atoms with Gasteiger partial charge in [-0.05, 0) is 43.7 Å². The van der Waals surface area contributed by atoms with E-state index in [4.69, 9.17) is 0 Å². The van der Waals surface area contributed by atoms with E-state index < -0.39 is 14.9 Å². The highest BCUT2D eigenvalue weighted by Gasteiger charge is 2.38. The number of carbonyl (C=O) groups is 1. The summed E-state index contributed by atoms with van der Waals surface area (Å²) in [6, 6.07) is 14.0. The number of benzene rings is 2. The van der Waals surface area contributed by atoms with E-state index in [1.54, 1.807) is 6.92 Å². The third kappa shape index (κ3) is 4.27. The standard InChI is InChI=1S/C23H27N3O5S/c1-17-9-10-20(26(28)29)16-22(17)32(30,31)24-14-11-19(12-15-24)23(27)25-13-5-8-21(25)18-6-3-2-4-7-18/h2-4,6-7,9-10,16,19,21H,5,8,11-15H2,1H3/t21-/m0/s1. The van der Waals surface area contributed by atoms with Crippen molar-refractivity contribution >= 4 is 21.6 Å². The van der Waals surface area contributed by atoms with Crippen LogP contribution in [-0.4, -0.2) is 48.1 Å². The molecule has 0 spiro atoms. The van der Waals surface area contributed by atoms with Crippen molar-refractivity contribution in [3.8, 4) is 0 Å². The number of nitrogens with zero attached hydrogens (tertiary/aromatic N) is 3. The van der Waals surface area contributed by atoms with Crippen molar-refractivity contribution < 1.29 is 18.1 Å². The van der Waals surface area contributed by atoms with Crippen molar-refractivity contribution in [2.24, 2.45) is 5.92 Å². The zero-order valence-corrected chi connectivity index (χ0v) is 18.8. The lowest BCUT2D eigenvalue weighted by atomic mass is 9.95. The van der Waals surface area contributed by atoms with E-state index in [2.05, 4.69) is 0 Å². The van der Waals surface area contributed by atoms with Gasteiger partial charge in [-0.3, -0.25) is 14.9 Å². The molecule has 4 rings (SSSR count). The molecule has 0 radical (unpaired) electrons. The van der Waals surface area contributed by atoms with Crippen LogP contribution in [0.2, 0.25) is 0 Å². The molecular weight excluding hydrogens is 430 g/mol. The van der Waals surface area contributed by atoms with Crippen LogP contribution in [0.3, 0.4) is 0 Å². The maximum absolute atomic E-state index is 13.3. The molecule has 2 aliphatic heterocycles. The van der Waals surface area contributed by atoms with Gasteiger partial charge in [-0.25, -0.2) is 8.42 Å². The molecular formula is C23H27N3O5S. The molecule has 0 unspecified atom stereocenters. The number of aryl methyl sites for hydroxylation is 1. The number of carbonyl (C=O) groups excluding carboxylic acids is 1. The fourth-order valence-electron chi connectivity index (χ4n) is 4.75. The van der Waals surface area contributed by atoms with Crippen molar-refractivity contribution in [2.75, 3.05) is 19.6 Å². The van der Waals surface area contributed by atoms with Gasteiger partial charge < -0.3 is 4.90 Å². The molecule has 170 valence electrons. The van der Waals surface area contributed by atoms with Crippen LogP contribution in [0.1, 0.15) is 42.9 Å². The molecule has 2 aliphatic rings. The van der Waals surface area contributed by atoms with E-state index in [0.29, 0.717) is 18.4 Å². The highest BCUT2D eigenvalue weighted by molar-refractivity contribution is 7.89. The first-order chi connectivity index (χ1) is 15.3. The molecule has 2 aromatic carbocycles. The Morgan fingerprint density at radius 1 is 1.03 bits per heavy atom. The summed E-state index contributed by atoms with van der Waals surface area (Å²) in [5, 5.41) is 11.1. The van der Waals surface area contributed by atoms with Crippen LogP contribution in [0.15, 0.2) is 53.4 Å². The van der Waals surface area contributed by atoms with Crippen molar-refractivity contribution in [1.82, 2.24) is 9.21 Å². The molecule has 2 saturated heterocycles. The number of nitro benzene ring substituents is 1. The Morgan fingerprint density at radius 3 is 2.38 bits per heavy atom. The molecule has 2 heterocycles. The minimum absolute atomic E-state index is 0.0415. The number of non-ortho nitro benzene ring substituents is 1. The van der Waals surface area contributed by atoms with E-state index in [9.17, 15) is 23.3 Å². The lowest BCUT2D eigenvalue weighted by molar-refractivity contribution is -0.385. The van der Waals surface area contributed by atoms with Gasteiger partial charge in [-0.1, -0.05) is 36.4 Å². The third-order valence-electron chi connectivity index (χ3n) is 6.52. The maximum Gasteiger partial charge on any atom is 0.270 e. The molecule has 0 aliphatic carbocycles. The van der Waals surface area contributed by atoms with Gasteiger partial charge in [0.2, 0.25) is 15.9 Å². The van der Waals surface area contributed by atoms with Crippen LogP contribution < -0.4 is 0 Å². The Kier molecular flexibility index (Phi) is 6.30. The van der Waals surface area contributed by atoms with Crippen molar-refractivity contribution in [2.45, 2.75) is 43.5 Å². The Morgan fingerprint density at radius 2 is 1.72 bits per heavy atom. The molecule has 0 aromatic heterocycles. The Hall–Kier alpha value is -2.78. The summed E-state index contributed by atoms with van der Waals surface area (Å²) in [7, 11) is -3.87. The normalized spacial score (nSPS) is 20.4. The summed E-state index contributed by atoms with van der Waals surface area (Å²) >= 11 is 0. The average molecular weight is 458 g/mol.